The molecule has 196 valence electrons. The highest BCUT2D eigenvalue weighted by atomic mass is 32.2. The molecular weight excluding hydrogens is 493 g/mol. The molecule has 0 radical (unpaired) electrons. The molecule has 4 rings (SSSR count). The number of benzene rings is 2. The highest BCUT2D eigenvalue weighted by Gasteiger charge is 2.42. The molecule has 1 aliphatic carbocycles. The van der Waals surface area contributed by atoms with Crippen molar-refractivity contribution in [1.29, 1.82) is 0 Å². The molecular formula is C29H32FNO5S. The van der Waals surface area contributed by atoms with Gasteiger partial charge in [-0.3, -0.25) is 4.79 Å². The highest BCUT2D eigenvalue weighted by molar-refractivity contribution is 7.99. The lowest BCUT2D eigenvalue weighted by Gasteiger charge is -2.36. The van der Waals surface area contributed by atoms with Crippen molar-refractivity contribution >= 4 is 23.5 Å². The number of thioether (sulfide) groups is 1. The number of esters is 1. The molecule has 0 fully saturated rings. The molecule has 0 saturated carbocycles. The zero-order chi connectivity index (χ0) is 26.5. The second kappa shape index (κ2) is 11.9. The number of carbonyl (C=O) groups excluding carboxylic acids is 2. The molecule has 0 spiro atoms. The summed E-state index contributed by atoms with van der Waals surface area (Å²) in [7, 11) is 3.15. The Hall–Kier alpha value is -3.26. The predicted molar refractivity (Wildman–Crippen MR) is 142 cm³/mol. The third-order valence-electron chi connectivity index (χ3n) is 6.81. The van der Waals surface area contributed by atoms with E-state index in [9.17, 15) is 9.59 Å². The van der Waals surface area contributed by atoms with Gasteiger partial charge in [-0.2, -0.15) is 11.8 Å². The molecule has 2 atom stereocenters. The number of allylic oxidation sites excluding steroid dienone is 3. The van der Waals surface area contributed by atoms with Gasteiger partial charge in [-0.15, -0.1) is 0 Å². The molecule has 2 unspecified atom stereocenters. The van der Waals surface area contributed by atoms with Gasteiger partial charge in [0, 0.05) is 34.7 Å². The van der Waals surface area contributed by atoms with Gasteiger partial charge in [0.1, 0.15) is 12.4 Å². The van der Waals surface area contributed by atoms with Gasteiger partial charge in [-0.05, 0) is 48.8 Å². The summed E-state index contributed by atoms with van der Waals surface area (Å²) in [5, 5.41) is 3.31. The maximum atomic E-state index is 15.1. The van der Waals surface area contributed by atoms with E-state index < -0.39 is 17.7 Å². The molecule has 0 bridgehead atoms. The van der Waals surface area contributed by atoms with Crippen LogP contribution in [0.3, 0.4) is 0 Å². The van der Waals surface area contributed by atoms with E-state index in [1.54, 1.807) is 51.1 Å². The SMILES string of the molecule is CCSCCOC(=O)C1=C(C)NC2=C(C(=O)CC(c3ccc(OC)c(OC)c3)C2)C1c1ccccc1F. The van der Waals surface area contributed by atoms with E-state index in [0.29, 0.717) is 46.2 Å². The second-order valence-corrected chi connectivity index (χ2v) is 10.4. The number of nitrogens with one attached hydrogen (secondary N) is 1. The number of halogens is 1. The Bertz CT molecular complexity index is 1250. The summed E-state index contributed by atoms with van der Waals surface area (Å²) in [6.45, 7) is 4.06. The van der Waals surface area contributed by atoms with Crippen LogP contribution in [0.25, 0.3) is 0 Å². The van der Waals surface area contributed by atoms with Gasteiger partial charge in [0.15, 0.2) is 17.3 Å². The number of carbonyl (C=O) groups is 2. The summed E-state index contributed by atoms with van der Waals surface area (Å²) < 4.78 is 31.5. The molecule has 8 heteroatoms. The molecule has 0 aromatic heterocycles. The number of rotatable bonds is 9. The van der Waals surface area contributed by atoms with E-state index in [-0.39, 0.29) is 30.3 Å². The van der Waals surface area contributed by atoms with Crippen LogP contribution in [0.5, 0.6) is 11.5 Å². The Morgan fingerprint density at radius 1 is 1.11 bits per heavy atom. The van der Waals surface area contributed by atoms with Crippen LogP contribution >= 0.6 is 11.8 Å². The third-order valence-corrected chi connectivity index (χ3v) is 7.67. The maximum absolute atomic E-state index is 15.1. The zero-order valence-corrected chi connectivity index (χ0v) is 22.4. The van der Waals surface area contributed by atoms with Gasteiger partial charge in [0.25, 0.3) is 0 Å². The van der Waals surface area contributed by atoms with E-state index >= 15 is 4.39 Å². The van der Waals surface area contributed by atoms with Crippen LogP contribution in [0, 0.1) is 5.82 Å². The first kappa shape index (κ1) is 26.8. The van der Waals surface area contributed by atoms with Crippen LogP contribution in [0.1, 0.15) is 49.7 Å². The fraction of sp³-hybridized carbons (Fsp3) is 0.379. The lowest BCUT2D eigenvalue weighted by Crippen LogP contribution is -2.36. The molecule has 0 saturated heterocycles. The molecule has 2 aliphatic rings. The molecule has 2 aromatic rings. The van der Waals surface area contributed by atoms with Crippen molar-refractivity contribution in [2.75, 3.05) is 32.3 Å². The maximum Gasteiger partial charge on any atom is 0.336 e. The normalized spacial score (nSPS) is 19.3. The van der Waals surface area contributed by atoms with Crippen LogP contribution in [-0.2, 0) is 14.3 Å². The Kier molecular flexibility index (Phi) is 8.59. The fourth-order valence-electron chi connectivity index (χ4n) is 5.09. The van der Waals surface area contributed by atoms with Gasteiger partial charge in [-0.25, -0.2) is 9.18 Å². The van der Waals surface area contributed by atoms with E-state index in [1.807, 2.05) is 25.1 Å². The predicted octanol–water partition coefficient (Wildman–Crippen LogP) is 5.50. The van der Waals surface area contributed by atoms with Gasteiger partial charge < -0.3 is 19.5 Å². The zero-order valence-electron chi connectivity index (χ0n) is 21.6. The molecule has 2 aromatic carbocycles. The number of methoxy groups -OCH3 is 2. The number of ketones is 1. The van der Waals surface area contributed by atoms with Crippen LogP contribution in [0.4, 0.5) is 4.39 Å². The smallest absolute Gasteiger partial charge is 0.336 e. The molecule has 1 N–H and O–H groups in total. The summed E-state index contributed by atoms with van der Waals surface area (Å²) >= 11 is 1.67. The number of ether oxygens (including phenoxy) is 3. The number of hydrogen-bond acceptors (Lipinski definition) is 7. The quantitative estimate of drug-likeness (QED) is 0.342. The van der Waals surface area contributed by atoms with Gasteiger partial charge in [-0.1, -0.05) is 31.2 Å². The summed E-state index contributed by atoms with van der Waals surface area (Å²) in [6, 6.07) is 12.0. The Labute approximate surface area is 221 Å². The van der Waals surface area contributed by atoms with E-state index in [1.165, 1.54) is 6.07 Å². The average Bonchev–Trinajstić information content (AvgIpc) is 2.90. The Morgan fingerprint density at radius 2 is 1.86 bits per heavy atom. The first-order valence-electron chi connectivity index (χ1n) is 12.3. The van der Waals surface area contributed by atoms with Gasteiger partial charge in [0.05, 0.1) is 25.7 Å². The minimum Gasteiger partial charge on any atom is -0.493 e. The van der Waals surface area contributed by atoms with Crippen molar-refractivity contribution in [1.82, 2.24) is 5.32 Å². The van der Waals surface area contributed by atoms with E-state index in [0.717, 1.165) is 11.3 Å². The van der Waals surface area contributed by atoms with E-state index in [2.05, 4.69) is 5.32 Å². The third kappa shape index (κ3) is 5.54. The Balaban J connectivity index is 1.72. The van der Waals surface area contributed by atoms with Crippen molar-refractivity contribution < 1.29 is 28.2 Å². The van der Waals surface area contributed by atoms with Crippen molar-refractivity contribution in [3.8, 4) is 11.5 Å². The lowest BCUT2D eigenvalue weighted by molar-refractivity contribution is -0.138. The highest BCUT2D eigenvalue weighted by Crippen LogP contribution is 2.47. The monoisotopic (exact) mass is 525 g/mol. The summed E-state index contributed by atoms with van der Waals surface area (Å²) in [4.78, 5) is 27.0. The molecule has 37 heavy (non-hydrogen) atoms. The molecule has 0 amide bonds. The molecule has 1 aliphatic heterocycles. The number of dihydropyridines is 1. The Morgan fingerprint density at radius 3 is 2.57 bits per heavy atom. The summed E-state index contributed by atoms with van der Waals surface area (Å²) in [6.07, 6.45) is 0.768. The first-order chi connectivity index (χ1) is 17.9. The molecule has 6 nitrogen and oxygen atoms in total. The number of Topliss-reactive ketones (excluding diaryl/α,β-unsaturated/α-hetero) is 1. The standard InChI is InChI=1S/C29H32FNO5S/c1-5-37-13-12-36-29(33)26-17(2)31-22-14-19(18-10-11-24(34-3)25(16-18)35-4)15-23(32)28(22)27(26)20-8-6-7-9-21(20)30/h6-11,16,19,27,31H,5,12-15H2,1-4H3. The lowest BCUT2D eigenvalue weighted by atomic mass is 9.71. The van der Waals surface area contributed by atoms with Gasteiger partial charge in [0.2, 0.25) is 0 Å². The second-order valence-electron chi connectivity index (χ2n) is 8.99. The summed E-state index contributed by atoms with van der Waals surface area (Å²) in [5.41, 5.74) is 3.23. The van der Waals surface area contributed by atoms with Gasteiger partial charge >= 0.3 is 5.97 Å². The topological polar surface area (TPSA) is 73.9 Å². The van der Waals surface area contributed by atoms with Crippen LogP contribution in [0.15, 0.2) is 65.0 Å². The van der Waals surface area contributed by atoms with Crippen LogP contribution in [-0.4, -0.2) is 44.1 Å². The van der Waals surface area contributed by atoms with Crippen LogP contribution < -0.4 is 14.8 Å². The molecule has 1 heterocycles. The fourth-order valence-corrected chi connectivity index (χ4v) is 5.58. The number of hydrogen-bond donors (Lipinski definition) is 1. The van der Waals surface area contributed by atoms with Crippen molar-refractivity contribution in [3.05, 3.63) is 81.9 Å². The van der Waals surface area contributed by atoms with E-state index in [4.69, 9.17) is 14.2 Å². The summed E-state index contributed by atoms with van der Waals surface area (Å²) in [5.74, 6) is 0.748. The largest absolute Gasteiger partial charge is 0.493 e. The minimum atomic E-state index is -0.831. The average molecular weight is 526 g/mol. The van der Waals surface area contributed by atoms with Crippen molar-refractivity contribution in [2.24, 2.45) is 0 Å². The minimum absolute atomic E-state index is 0.104. The van der Waals surface area contributed by atoms with Crippen LogP contribution in [0.2, 0.25) is 0 Å². The van der Waals surface area contributed by atoms with Crippen molar-refractivity contribution in [3.63, 3.8) is 0 Å². The first-order valence-corrected chi connectivity index (χ1v) is 13.5. The van der Waals surface area contributed by atoms with Crippen molar-refractivity contribution in [2.45, 2.75) is 38.5 Å².